The maximum Gasteiger partial charge on any atom is 0.132 e. The fraction of sp³-hybridized carbons (Fsp3) is 0.308. The molecular weight excluding hydrogens is 230 g/mol. The number of nitrogens with one attached hydrogen (secondary N) is 1. The average molecular weight is 247 g/mol. The normalized spacial score (nSPS) is 10.4. The van der Waals surface area contributed by atoms with Crippen molar-refractivity contribution in [3.8, 4) is 22.8 Å². The fourth-order valence-corrected chi connectivity index (χ4v) is 1.88. The number of nitrogens with two attached hydrogens (primary N) is 1. The Labute approximate surface area is 106 Å². The molecule has 3 N–H and O–H groups in total. The van der Waals surface area contributed by atoms with Gasteiger partial charge in [0.2, 0.25) is 0 Å². The van der Waals surface area contributed by atoms with Crippen molar-refractivity contribution in [3.63, 3.8) is 0 Å². The van der Waals surface area contributed by atoms with Gasteiger partial charge < -0.3 is 20.2 Å². The van der Waals surface area contributed by atoms with Crippen LogP contribution in [-0.4, -0.2) is 24.2 Å². The first kappa shape index (κ1) is 12.4. The molecule has 0 spiro atoms. The van der Waals surface area contributed by atoms with Gasteiger partial charge >= 0.3 is 0 Å². The van der Waals surface area contributed by atoms with Crippen molar-refractivity contribution in [3.05, 3.63) is 29.7 Å². The molecule has 2 rings (SSSR count). The van der Waals surface area contributed by atoms with Gasteiger partial charge in [-0.25, -0.2) is 4.98 Å². The summed E-state index contributed by atoms with van der Waals surface area (Å²) in [5.74, 6) is 2.25. The molecule has 18 heavy (non-hydrogen) atoms. The molecule has 0 saturated heterocycles. The van der Waals surface area contributed by atoms with E-state index >= 15 is 0 Å². The van der Waals surface area contributed by atoms with Crippen LogP contribution in [-0.2, 0) is 6.54 Å². The zero-order valence-electron chi connectivity index (χ0n) is 10.8. The number of imidazole rings is 1. The topological polar surface area (TPSA) is 73.2 Å². The highest BCUT2D eigenvalue weighted by molar-refractivity contribution is 5.70. The Bertz CT molecular complexity index is 549. The van der Waals surface area contributed by atoms with E-state index in [1.165, 1.54) is 0 Å². The maximum absolute atomic E-state index is 5.58. The Morgan fingerprint density at radius 3 is 2.61 bits per heavy atom. The second-order valence-corrected chi connectivity index (χ2v) is 3.93. The van der Waals surface area contributed by atoms with Crippen molar-refractivity contribution < 1.29 is 9.47 Å². The number of nitrogens with zero attached hydrogens (tertiary/aromatic N) is 1. The summed E-state index contributed by atoms with van der Waals surface area (Å²) < 4.78 is 10.6. The van der Waals surface area contributed by atoms with Crippen molar-refractivity contribution >= 4 is 0 Å². The summed E-state index contributed by atoms with van der Waals surface area (Å²) in [5, 5.41) is 0. The van der Waals surface area contributed by atoms with Crippen molar-refractivity contribution in [2.24, 2.45) is 5.73 Å². The van der Waals surface area contributed by atoms with Gasteiger partial charge in [0.15, 0.2) is 0 Å². The van der Waals surface area contributed by atoms with Crippen LogP contribution in [0.3, 0.4) is 0 Å². The molecule has 0 amide bonds. The third kappa shape index (κ3) is 2.17. The first-order valence-electron chi connectivity index (χ1n) is 5.67. The van der Waals surface area contributed by atoms with Crippen LogP contribution in [0.5, 0.6) is 11.5 Å². The van der Waals surface area contributed by atoms with Gasteiger partial charge in [-0.2, -0.15) is 0 Å². The lowest BCUT2D eigenvalue weighted by atomic mass is 10.1. The van der Waals surface area contributed by atoms with E-state index in [4.69, 9.17) is 15.2 Å². The number of H-pyrrole nitrogens is 1. The minimum absolute atomic E-state index is 0.388. The average Bonchev–Trinajstić information content (AvgIpc) is 2.79. The lowest BCUT2D eigenvalue weighted by Gasteiger charge is -2.09. The van der Waals surface area contributed by atoms with Crippen LogP contribution in [0.25, 0.3) is 11.3 Å². The van der Waals surface area contributed by atoms with E-state index in [1.54, 1.807) is 14.2 Å². The van der Waals surface area contributed by atoms with E-state index in [-0.39, 0.29) is 0 Å². The highest BCUT2D eigenvalue weighted by atomic mass is 16.5. The second-order valence-electron chi connectivity index (χ2n) is 3.93. The molecule has 2 aromatic rings. The molecule has 1 aromatic heterocycles. The third-order valence-electron chi connectivity index (χ3n) is 2.79. The summed E-state index contributed by atoms with van der Waals surface area (Å²) >= 11 is 0. The fourth-order valence-electron chi connectivity index (χ4n) is 1.88. The summed E-state index contributed by atoms with van der Waals surface area (Å²) in [4.78, 5) is 7.61. The summed E-state index contributed by atoms with van der Waals surface area (Å²) in [6.45, 7) is 2.35. The molecule has 0 aliphatic carbocycles. The molecule has 0 bridgehead atoms. The zero-order valence-corrected chi connectivity index (χ0v) is 10.8. The van der Waals surface area contributed by atoms with Crippen LogP contribution in [0.4, 0.5) is 0 Å². The molecule has 0 fully saturated rings. The lowest BCUT2D eigenvalue weighted by molar-refractivity contribution is 0.395. The van der Waals surface area contributed by atoms with Crippen molar-refractivity contribution in [2.45, 2.75) is 13.5 Å². The van der Waals surface area contributed by atoms with E-state index in [0.717, 1.165) is 34.3 Å². The SMILES string of the molecule is COc1ccc(-c2nc(CN)[nH]c2C)c(OC)c1. The first-order chi connectivity index (χ1) is 8.69. The van der Waals surface area contributed by atoms with Crippen LogP contribution in [0.15, 0.2) is 18.2 Å². The van der Waals surface area contributed by atoms with E-state index in [2.05, 4.69) is 9.97 Å². The van der Waals surface area contributed by atoms with Crippen LogP contribution in [0.2, 0.25) is 0 Å². The van der Waals surface area contributed by atoms with Gasteiger partial charge in [-0.15, -0.1) is 0 Å². The highest BCUT2D eigenvalue weighted by Crippen LogP contribution is 2.33. The Kier molecular flexibility index (Phi) is 3.53. The number of methoxy groups -OCH3 is 2. The van der Waals surface area contributed by atoms with Crippen LogP contribution >= 0.6 is 0 Å². The van der Waals surface area contributed by atoms with E-state index in [1.807, 2.05) is 25.1 Å². The van der Waals surface area contributed by atoms with Crippen molar-refractivity contribution in [2.75, 3.05) is 14.2 Å². The molecule has 5 heteroatoms. The Morgan fingerprint density at radius 2 is 2.06 bits per heavy atom. The molecule has 0 aliphatic heterocycles. The van der Waals surface area contributed by atoms with Gasteiger partial charge in [-0.3, -0.25) is 0 Å². The second kappa shape index (κ2) is 5.10. The Balaban J connectivity index is 2.52. The quantitative estimate of drug-likeness (QED) is 0.865. The van der Waals surface area contributed by atoms with Gasteiger partial charge in [-0.1, -0.05) is 0 Å². The molecule has 0 saturated carbocycles. The number of aryl methyl sites for hydroxylation is 1. The Hall–Kier alpha value is -2.01. The number of aromatic amines is 1. The molecule has 0 radical (unpaired) electrons. The first-order valence-corrected chi connectivity index (χ1v) is 5.67. The number of ether oxygens (including phenoxy) is 2. The predicted molar refractivity (Wildman–Crippen MR) is 69.8 cm³/mol. The molecule has 0 aliphatic rings. The standard InChI is InChI=1S/C13H17N3O2/c1-8-13(16-12(7-14)15-8)10-5-4-9(17-2)6-11(10)18-3/h4-6H,7,14H2,1-3H3,(H,15,16). The van der Waals surface area contributed by atoms with Crippen molar-refractivity contribution in [1.82, 2.24) is 9.97 Å². The van der Waals surface area contributed by atoms with Crippen molar-refractivity contribution in [1.29, 1.82) is 0 Å². The van der Waals surface area contributed by atoms with Crippen LogP contribution in [0.1, 0.15) is 11.5 Å². The summed E-state index contributed by atoms with van der Waals surface area (Å²) in [6, 6.07) is 5.65. The number of aromatic nitrogens is 2. The molecule has 5 nitrogen and oxygen atoms in total. The predicted octanol–water partition coefficient (Wildman–Crippen LogP) is 1.86. The monoisotopic (exact) mass is 247 g/mol. The smallest absolute Gasteiger partial charge is 0.132 e. The Morgan fingerprint density at radius 1 is 1.28 bits per heavy atom. The largest absolute Gasteiger partial charge is 0.497 e. The third-order valence-corrected chi connectivity index (χ3v) is 2.79. The number of benzene rings is 1. The molecule has 0 unspecified atom stereocenters. The molecule has 96 valence electrons. The molecule has 1 aromatic carbocycles. The minimum Gasteiger partial charge on any atom is -0.497 e. The number of hydrogen-bond donors (Lipinski definition) is 2. The molecule has 1 heterocycles. The van der Waals surface area contributed by atoms with Crippen LogP contribution < -0.4 is 15.2 Å². The lowest BCUT2D eigenvalue weighted by Crippen LogP contribution is -1.98. The van der Waals surface area contributed by atoms with E-state index in [9.17, 15) is 0 Å². The summed E-state index contributed by atoms with van der Waals surface area (Å²) in [7, 11) is 3.25. The van der Waals surface area contributed by atoms with Gasteiger partial charge in [0.1, 0.15) is 17.3 Å². The number of hydrogen-bond acceptors (Lipinski definition) is 4. The minimum atomic E-state index is 0.388. The van der Waals surface area contributed by atoms with Gasteiger partial charge in [0.05, 0.1) is 26.5 Å². The zero-order chi connectivity index (χ0) is 13.1. The van der Waals surface area contributed by atoms with E-state index < -0.39 is 0 Å². The number of rotatable bonds is 4. The van der Waals surface area contributed by atoms with Crippen LogP contribution in [0, 0.1) is 6.92 Å². The van der Waals surface area contributed by atoms with Gasteiger partial charge in [-0.05, 0) is 19.1 Å². The summed E-state index contributed by atoms with van der Waals surface area (Å²) in [5.41, 5.74) is 8.33. The molecular formula is C13H17N3O2. The van der Waals surface area contributed by atoms with Gasteiger partial charge in [0, 0.05) is 17.3 Å². The maximum atomic E-state index is 5.58. The summed E-state index contributed by atoms with van der Waals surface area (Å²) in [6.07, 6.45) is 0. The van der Waals surface area contributed by atoms with Gasteiger partial charge in [0.25, 0.3) is 0 Å². The van der Waals surface area contributed by atoms with E-state index in [0.29, 0.717) is 6.54 Å². The highest BCUT2D eigenvalue weighted by Gasteiger charge is 2.13. The molecule has 0 atom stereocenters.